The molecule has 21 heavy (non-hydrogen) atoms. The van der Waals surface area contributed by atoms with Crippen molar-refractivity contribution in [2.75, 3.05) is 4.72 Å². The van der Waals surface area contributed by atoms with Gasteiger partial charge in [0.25, 0.3) is 10.0 Å². The Kier molecular flexibility index (Phi) is 3.97. The third-order valence-electron chi connectivity index (χ3n) is 2.97. The van der Waals surface area contributed by atoms with Crippen LogP contribution in [0.2, 0.25) is 5.02 Å². The summed E-state index contributed by atoms with van der Waals surface area (Å²) >= 11 is 5.98. The number of para-hydroxylation sites is 1. The van der Waals surface area contributed by atoms with Gasteiger partial charge in [0.2, 0.25) is 0 Å². The van der Waals surface area contributed by atoms with E-state index in [9.17, 15) is 13.2 Å². The van der Waals surface area contributed by atoms with Crippen LogP contribution in [0.25, 0.3) is 0 Å². The van der Waals surface area contributed by atoms with Gasteiger partial charge in [0.05, 0.1) is 10.7 Å². The Labute approximate surface area is 127 Å². The number of sulfonamides is 1. The number of benzene rings is 1. The number of carbonyl (C=O) groups is 1. The van der Waals surface area contributed by atoms with Crippen molar-refractivity contribution in [3.63, 3.8) is 0 Å². The van der Waals surface area contributed by atoms with Gasteiger partial charge in [-0.25, -0.2) is 13.2 Å². The molecule has 0 unspecified atom stereocenters. The van der Waals surface area contributed by atoms with E-state index >= 15 is 0 Å². The number of anilines is 1. The first kappa shape index (κ1) is 15.4. The van der Waals surface area contributed by atoms with Crippen LogP contribution in [0.4, 0.5) is 5.69 Å². The lowest BCUT2D eigenvalue weighted by Crippen LogP contribution is -2.13. The lowest BCUT2D eigenvalue weighted by atomic mass is 10.2. The maximum atomic E-state index is 12.3. The fourth-order valence-electron chi connectivity index (χ4n) is 1.85. The third kappa shape index (κ3) is 3.03. The summed E-state index contributed by atoms with van der Waals surface area (Å²) in [5, 5.41) is 9.24. The highest BCUT2D eigenvalue weighted by Gasteiger charge is 2.21. The predicted octanol–water partition coefficient (Wildman–Crippen LogP) is 2.49. The second kappa shape index (κ2) is 5.42. The Morgan fingerprint density at radius 2 is 2.05 bits per heavy atom. The first-order valence-electron chi connectivity index (χ1n) is 5.90. The second-order valence-electron chi connectivity index (χ2n) is 4.51. The van der Waals surface area contributed by atoms with E-state index in [1.54, 1.807) is 25.1 Å². The zero-order chi connectivity index (χ0) is 15.8. The van der Waals surface area contributed by atoms with E-state index < -0.39 is 16.0 Å². The van der Waals surface area contributed by atoms with Gasteiger partial charge in [-0.05, 0) is 24.6 Å². The van der Waals surface area contributed by atoms with Gasteiger partial charge < -0.3 is 9.67 Å². The molecule has 0 aliphatic heterocycles. The molecular weight excluding hydrogens is 316 g/mol. The first-order chi connectivity index (χ1) is 9.72. The Morgan fingerprint density at radius 3 is 2.57 bits per heavy atom. The maximum Gasteiger partial charge on any atom is 0.352 e. The summed E-state index contributed by atoms with van der Waals surface area (Å²) in [7, 11) is -2.45. The highest BCUT2D eigenvalue weighted by Crippen LogP contribution is 2.28. The van der Waals surface area contributed by atoms with Crippen molar-refractivity contribution in [3.8, 4) is 0 Å². The summed E-state index contributed by atoms with van der Waals surface area (Å²) in [6.45, 7) is 1.72. The van der Waals surface area contributed by atoms with Crippen molar-refractivity contribution in [3.05, 3.63) is 46.7 Å². The number of hydrogen-bond donors (Lipinski definition) is 2. The topological polar surface area (TPSA) is 88.4 Å². The standard InChI is InChI=1S/C13H13ClN2O4S/c1-8-4-3-5-10(14)12(8)15-21(19,20)9-6-11(13(17)18)16(2)7-9/h3-7,15H,1-2H3,(H,17,18). The van der Waals surface area contributed by atoms with Crippen molar-refractivity contribution in [2.45, 2.75) is 11.8 Å². The van der Waals surface area contributed by atoms with Crippen LogP contribution in [-0.2, 0) is 17.1 Å². The SMILES string of the molecule is Cc1cccc(Cl)c1NS(=O)(=O)c1cc(C(=O)O)n(C)c1. The van der Waals surface area contributed by atoms with Crippen LogP contribution in [0.3, 0.4) is 0 Å². The fraction of sp³-hybridized carbons (Fsp3) is 0.154. The summed E-state index contributed by atoms with van der Waals surface area (Å²) in [6, 6.07) is 6.09. The summed E-state index contributed by atoms with van der Waals surface area (Å²) in [5.74, 6) is -1.20. The van der Waals surface area contributed by atoms with Crippen LogP contribution in [0.5, 0.6) is 0 Å². The zero-order valence-electron chi connectivity index (χ0n) is 11.3. The Bertz CT molecular complexity index is 791. The van der Waals surface area contributed by atoms with Gasteiger partial charge in [-0.15, -0.1) is 0 Å². The molecule has 1 aromatic carbocycles. The molecule has 0 radical (unpaired) electrons. The van der Waals surface area contributed by atoms with Crippen LogP contribution >= 0.6 is 11.6 Å². The number of hydrogen-bond acceptors (Lipinski definition) is 3. The second-order valence-corrected chi connectivity index (χ2v) is 6.60. The number of rotatable bonds is 4. The quantitative estimate of drug-likeness (QED) is 0.902. The number of carboxylic acid groups (broad SMARTS) is 1. The summed E-state index contributed by atoms with van der Waals surface area (Å²) in [4.78, 5) is 10.8. The average Bonchev–Trinajstić information content (AvgIpc) is 2.77. The summed E-state index contributed by atoms with van der Waals surface area (Å²) in [6.07, 6.45) is 1.23. The van der Waals surface area contributed by atoms with Crippen LogP contribution < -0.4 is 4.72 Å². The number of aromatic nitrogens is 1. The number of aromatic carboxylic acids is 1. The molecule has 8 heteroatoms. The minimum atomic E-state index is -3.91. The smallest absolute Gasteiger partial charge is 0.352 e. The van der Waals surface area contributed by atoms with Crippen molar-refractivity contribution >= 4 is 33.3 Å². The molecule has 1 heterocycles. The number of aryl methyl sites for hydroxylation is 2. The largest absolute Gasteiger partial charge is 0.477 e. The normalized spacial score (nSPS) is 11.4. The number of nitrogens with zero attached hydrogens (tertiary/aromatic N) is 1. The molecule has 1 aromatic heterocycles. The lowest BCUT2D eigenvalue weighted by molar-refractivity contribution is 0.0686. The van der Waals surface area contributed by atoms with E-state index in [0.29, 0.717) is 5.56 Å². The van der Waals surface area contributed by atoms with E-state index in [4.69, 9.17) is 16.7 Å². The molecule has 0 amide bonds. The van der Waals surface area contributed by atoms with Gasteiger partial charge in [0.1, 0.15) is 10.6 Å². The molecule has 0 spiro atoms. The molecule has 112 valence electrons. The molecule has 0 saturated carbocycles. The van der Waals surface area contributed by atoms with E-state index in [0.717, 1.165) is 6.07 Å². The number of nitrogens with one attached hydrogen (secondary N) is 1. The van der Waals surface area contributed by atoms with Crippen molar-refractivity contribution < 1.29 is 18.3 Å². The van der Waals surface area contributed by atoms with Gasteiger partial charge in [0, 0.05) is 13.2 Å². The highest BCUT2D eigenvalue weighted by molar-refractivity contribution is 7.92. The van der Waals surface area contributed by atoms with E-state index in [1.165, 1.54) is 17.8 Å². The molecule has 0 atom stereocenters. The highest BCUT2D eigenvalue weighted by atomic mass is 35.5. The van der Waals surface area contributed by atoms with Gasteiger partial charge in [-0.2, -0.15) is 0 Å². The Hall–Kier alpha value is -1.99. The Morgan fingerprint density at radius 1 is 1.38 bits per heavy atom. The zero-order valence-corrected chi connectivity index (χ0v) is 12.9. The van der Waals surface area contributed by atoms with Crippen molar-refractivity contribution in [1.29, 1.82) is 0 Å². The summed E-state index contributed by atoms with van der Waals surface area (Å²) in [5.41, 5.74) is 0.826. The fourth-order valence-corrected chi connectivity index (χ4v) is 3.39. The minimum absolute atomic E-state index is 0.119. The molecule has 0 fully saturated rings. The minimum Gasteiger partial charge on any atom is -0.477 e. The molecular formula is C13H13ClN2O4S. The predicted molar refractivity (Wildman–Crippen MR) is 79.4 cm³/mol. The molecule has 0 bridgehead atoms. The molecule has 2 N–H and O–H groups in total. The van der Waals surface area contributed by atoms with E-state index in [1.807, 2.05) is 0 Å². The Balaban J connectivity index is 2.44. The van der Waals surface area contributed by atoms with Crippen LogP contribution in [-0.4, -0.2) is 24.1 Å². The van der Waals surface area contributed by atoms with Crippen molar-refractivity contribution in [1.82, 2.24) is 4.57 Å². The summed E-state index contributed by atoms with van der Waals surface area (Å²) < 4.78 is 28.3. The van der Waals surface area contributed by atoms with Gasteiger partial charge in [0.15, 0.2) is 0 Å². The van der Waals surface area contributed by atoms with Crippen LogP contribution in [0.1, 0.15) is 16.1 Å². The number of carboxylic acids is 1. The molecule has 0 aliphatic carbocycles. The first-order valence-corrected chi connectivity index (χ1v) is 7.76. The monoisotopic (exact) mass is 328 g/mol. The molecule has 0 aliphatic rings. The van der Waals surface area contributed by atoms with Gasteiger partial charge in [-0.1, -0.05) is 23.7 Å². The maximum absolute atomic E-state index is 12.3. The van der Waals surface area contributed by atoms with Crippen LogP contribution in [0, 0.1) is 6.92 Å². The van der Waals surface area contributed by atoms with Gasteiger partial charge in [-0.3, -0.25) is 4.72 Å². The van der Waals surface area contributed by atoms with Crippen LogP contribution in [0.15, 0.2) is 35.4 Å². The van der Waals surface area contributed by atoms with E-state index in [-0.39, 0.29) is 21.3 Å². The van der Waals surface area contributed by atoms with Gasteiger partial charge >= 0.3 is 5.97 Å². The average molecular weight is 329 g/mol. The van der Waals surface area contributed by atoms with E-state index in [2.05, 4.69) is 4.72 Å². The lowest BCUT2D eigenvalue weighted by Gasteiger charge is -2.11. The molecule has 2 aromatic rings. The third-order valence-corrected chi connectivity index (χ3v) is 4.60. The molecule has 0 saturated heterocycles. The molecule has 2 rings (SSSR count). The molecule has 6 nitrogen and oxygen atoms in total. The van der Waals surface area contributed by atoms with Crippen molar-refractivity contribution in [2.24, 2.45) is 7.05 Å². The number of halogens is 1.